The van der Waals surface area contributed by atoms with Gasteiger partial charge in [0.1, 0.15) is 17.8 Å². The number of ether oxygens (including phenoxy) is 1. The Morgan fingerprint density at radius 2 is 1.92 bits per heavy atom. The number of carbonyl (C=O) groups is 3. The molecule has 134 valence electrons. The minimum Gasteiger partial charge on any atom is -0.425 e. The lowest BCUT2D eigenvalue weighted by atomic mass is 9.64. The average Bonchev–Trinajstić information content (AvgIpc) is 2.70. The summed E-state index contributed by atoms with van der Waals surface area (Å²) in [7, 11) is 0. The normalized spacial score (nSPS) is 28.1. The molecule has 6 heteroatoms. The van der Waals surface area contributed by atoms with Crippen LogP contribution in [-0.2, 0) is 9.59 Å². The van der Waals surface area contributed by atoms with Crippen LogP contribution in [0.5, 0.6) is 5.75 Å². The van der Waals surface area contributed by atoms with E-state index in [1.807, 2.05) is 6.07 Å². The second kappa shape index (κ2) is 6.17. The van der Waals surface area contributed by atoms with E-state index in [-0.39, 0.29) is 17.9 Å². The molecule has 1 aliphatic heterocycles. The zero-order chi connectivity index (χ0) is 18.2. The number of amides is 3. The van der Waals surface area contributed by atoms with Crippen LogP contribution in [0, 0.1) is 11.3 Å². The van der Waals surface area contributed by atoms with Crippen molar-refractivity contribution < 1.29 is 19.1 Å². The number of rotatable bonds is 3. The summed E-state index contributed by atoms with van der Waals surface area (Å²) in [6.45, 7) is 5.93. The Morgan fingerprint density at radius 1 is 1.24 bits per heavy atom. The minimum absolute atomic E-state index is 0.0405. The van der Waals surface area contributed by atoms with Crippen LogP contribution < -0.4 is 10.1 Å². The van der Waals surface area contributed by atoms with Gasteiger partial charge in [0, 0.05) is 0 Å². The Labute approximate surface area is 147 Å². The summed E-state index contributed by atoms with van der Waals surface area (Å²) in [5.74, 6) is -0.233. The number of nitrogens with zero attached hydrogens (tertiary/aromatic N) is 1. The van der Waals surface area contributed by atoms with Crippen molar-refractivity contribution >= 4 is 17.9 Å². The number of imide groups is 1. The number of nitrogens with one attached hydrogen (secondary N) is 1. The Balaban J connectivity index is 1.72. The molecule has 2 aliphatic rings. The number of hydrogen-bond donors (Lipinski definition) is 1. The number of hydrogen-bond acceptors (Lipinski definition) is 4. The SMILES string of the molecule is C[C@H]1CC(C)(C)C[C@]2(C1)NC(=O)N(CC(=O)Oc1ccccc1)C2=O. The molecule has 1 aromatic rings. The molecular weight excluding hydrogens is 320 g/mol. The highest BCUT2D eigenvalue weighted by atomic mass is 16.5. The summed E-state index contributed by atoms with van der Waals surface area (Å²) >= 11 is 0. The lowest BCUT2D eigenvalue weighted by Crippen LogP contribution is -2.54. The van der Waals surface area contributed by atoms with E-state index in [0.29, 0.717) is 24.5 Å². The molecule has 1 aromatic carbocycles. The van der Waals surface area contributed by atoms with E-state index in [1.54, 1.807) is 24.3 Å². The van der Waals surface area contributed by atoms with Gasteiger partial charge in [0.25, 0.3) is 5.91 Å². The minimum atomic E-state index is -0.898. The van der Waals surface area contributed by atoms with E-state index >= 15 is 0 Å². The van der Waals surface area contributed by atoms with Gasteiger partial charge in [-0.2, -0.15) is 0 Å². The van der Waals surface area contributed by atoms with E-state index < -0.39 is 17.5 Å². The quantitative estimate of drug-likeness (QED) is 0.520. The van der Waals surface area contributed by atoms with Gasteiger partial charge < -0.3 is 10.1 Å². The first-order valence-electron chi connectivity index (χ1n) is 8.61. The Bertz CT molecular complexity index is 701. The van der Waals surface area contributed by atoms with E-state index in [9.17, 15) is 14.4 Å². The van der Waals surface area contributed by atoms with E-state index in [1.165, 1.54) is 0 Å². The molecule has 1 N–H and O–H groups in total. The molecule has 1 heterocycles. The van der Waals surface area contributed by atoms with Crippen molar-refractivity contribution in [3.8, 4) is 5.75 Å². The third-order valence-electron chi connectivity index (χ3n) is 4.89. The summed E-state index contributed by atoms with van der Waals surface area (Å²) in [5, 5.41) is 2.85. The predicted octanol–water partition coefficient (Wildman–Crippen LogP) is 2.73. The summed E-state index contributed by atoms with van der Waals surface area (Å²) in [6.07, 6.45) is 2.19. The molecule has 1 aliphatic carbocycles. The van der Waals surface area contributed by atoms with Gasteiger partial charge in [-0.25, -0.2) is 9.59 Å². The molecule has 0 aromatic heterocycles. The number of benzene rings is 1. The third kappa shape index (κ3) is 3.52. The third-order valence-corrected chi connectivity index (χ3v) is 4.89. The first-order chi connectivity index (χ1) is 11.7. The second-order valence-corrected chi connectivity index (χ2v) is 8.05. The number of carbonyl (C=O) groups excluding carboxylic acids is 3. The first kappa shape index (κ1) is 17.5. The summed E-state index contributed by atoms with van der Waals surface area (Å²) in [4.78, 5) is 38.4. The van der Waals surface area contributed by atoms with Gasteiger partial charge in [-0.3, -0.25) is 9.69 Å². The summed E-state index contributed by atoms with van der Waals surface area (Å²) in [6, 6.07) is 8.09. The van der Waals surface area contributed by atoms with Crippen molar-refractivity contribution in [3.63, 3.8) is 0 Å². The zero-order valence-electron chi connectivity index (χ0n) is 14.9. The first-order valence-corrected chi connectivity index (χ1v) is 8.61. The molecule has 3 amide bonds. The van der Waals surface area contributed by atoms with Crippen LogP contribution >= 0.6 is 0 Å². The van der Waals surface area contributed by atoms with Crippen molar-refractivity contribution in [1.82, 2.24) is 10.2 Å². The number of para-hydroxylation sites is 1. The average molecular weight is 344 g/mol. The molecule has 2 fully saturated rings. The van der Waals surface area contributed by atoms with Gasteiger partial charge in [0.15, 0.2) is 0 Å². The van der Waals surface area contributed by atoms with Crippen LogP contribution in [-0.4, -0.2) is 34.9 Å². The predicted molar refractivity (Wildman–Crippen MR) is 91.8 cm³/mol. The molecule has 0 bridgehead atoms. The highest BCUT2D eigenvalue weighted by molar-refractivity contribution is 6.08. The van der Waals surface area contributed by atoms with Gasteiger partial charge in [0.05, 0.1) is 0 Å². The molecular formula is C19H24N2O4. The molecule has 0 unspecified atom stereocenters. The maximum absolute atomic E-state index is 12.9. The molecule has 1 saturated heterocycles. The second-order valence-electron chi connectivity index (χ2n) is 8.05. The van der Waals surface area contributed by atoms with Gasteiger partial charge in [-0.05, 0) is 42.7 Å². The molecule has 1 spiro atoms. The number of urea groups is 1. The van der Waals surface area contributed by atoms with Crippen LogP contribution in [0.3, 0.4) is 0 Å². The van der Waals surface area contributed by atoms with Crippen molar-refractivity contribution in [2.24, 2.45) is 11.3 Å². The highest BCUT2D eigenvalue weighted by Crippen LogP contribution is 2.46. The lowest BCUT2D eigenvalue weighted by Gasteiger charge is -2.43. The fourth-order valence-corrected chi connectivity index (χ4v) is 4.43. The Hall–Kier alpha value is -2.37. The maximum atomic E-state index is 12.9. The van der Waals surface area contributed by atoms with Crippen LogP contribution in [0.1, 0.15) is 40.0 Å². The van der Waals surface area contributed by atoms with E-state index in [2.05, 4.69) is 26.1 Å². The fraction of sp³-hybridized carbons (Fsp3) is 0.526. The largest absolute Gasteiger partial charge is 0.425 e. The van der Waals surface area contributed by atoms with Gasteiger partial charge in [-0.15, -0.1) is 0 Å². The van der Waals surface area contributed by atoms with Gasteiger partial charge in [-0.1, -0.05) is 39.0 Å². The van der Waals surface area contributed by atoms with Gasteiger partial charge >= 0.3 is 12.0 Å². The highest BCUT2D eigenvalue weighted by Gasteiger charge is 2.56. The molecule has 1 saturated carbocycles. The fourth-order valence-electron chi connectivity index (χ4n) is 4.43. The summed E-state index contributed by atoms with van der Waals surface area (Å²) in [5.41, 5.74) is -0.938. The van der Waals surface area contributed by atoms with Crippen LogP contribution in [0.25, 0.3) is 0 Å². The molecule has 2 atom stereocenters. The molecule has 3 rings (SSSR count). The van der Waals surface area contributed by atoms with Crippen LogP contribution in [0.15, 0.2) is 30.3 Å². The van der Waals surface area contributed by atoms with Crippen molar-refractivity contribution in [2.75, 3.05) is 6.54 Å². The summed E-state index contributed by atoms with van der Waals surface area (Å²) < 4.78 is 5.20. The molecule has 6 nitrogen and oxygen atoms in total. The standard InChI is InChI=1S/C19H24N2O4/c1-13-9-18(2,3)12-19(10-13)16(23)21(17(24)20-19)11-15(22)25-14-7-5-4-6-8-14/h4-8,13H,9-12H2,1-3H3,(H,20,24)/t13-,19-/m0/s1. The van der Waals surface area contributed by atoms with Gasteiger partial charge in [0.2, 0.25) is 0 Å². The van der Waals surface area contributed by atoms with E-state index in [0.717, 1.165) is 11.3 Å². The van der Waals surface area contributed by atoms with Crippen molar-refractivity contribution in [3.05, 3.63) is 30.3 Å². The molecule has 0 radical (unpaired) electrons. The Morgan fingerprint density at radius 3 is 2.56 bits per heavy atom. The van der Waals surface area contributed by atoms with Crippen LogP contribution in [0.2, 0.25) is 0 Å². The van der Waals surface area contributed by atoms with Crippen molar-refractivity contribution in [2.45, 2.75) is 45.6 Å². The maximum Gasteiger partial charge on any atom is 0.331 e. The Kier molecular flexibility index (Phi) is 4.31. The van der Waals surface area contributed by atoms with Crippen molar-refractivity contribution in [1.29, 1.82) is 0 Å². The lowest BCUT2D eigenvalue weighted by molar-refractivity contribution is -0.142. The smallest absolute Gasteiger partial charge is 0.331 e. The van der Waals surface area contributed by atoms with Crippen LogP contribution in [0.4, 0.5) is 4.79 Å². The topological polar surface area (TPSA) is 75.7 Å². The number of esters is 1. The molecule has 25 heavy (non-hydrogen) atoms. The monoisotopic (exact) mass is 344 g/mol. The zero-order valence-corrected chi connectivity index (χ0v) is 14.9. The van der Waals surface area contributed by atoms with E-state index in [4.69, 9.17) is 4.74 Å².